The largest absolute Gasteiger partial charge is 0.294 e. The molecule has 2 aromatic carbocycles. The lowest BCUT2D eigenvalue weighted by molar-refractivity contribution is 0.101. The van der Waals surface area contributed by atoms with Crippen LogP contribution in [0.5, 0.6) is 0 Å². The third kappa shape index (κ3) is 2.82. The van der Waals surface area contributed by atoms with Gasteiger partial charge >= 0.3 is 0 Å². The Bertz CT molecular complexity index is 550. The highest BCUT2D eigenvalue weighted by molar-refractivity contribution is 7.99. The zero-order chi connectivity index (χ0) is 13.1. The molecule has 0 amide bonds. The van der Waals surface area contributed by atoms with Crippen LogP contribution in [0.15, 0.2) is 52.3 Å². The Hall–Kier alpha value is -1.54. The van der Waals surface area contributed by atoms with Gasteiger partial charge in [0.25, 0.3) is 0 Å². The molecular weight excluding hydrogens is 240 g/mol. The number of aryl methyl sites for hydroxylation is 2. The Labute approximate surface area is 112 Å². The predicted molar refractivity (Wildman–Crippen MR) is 76.5 cm³/mol. The Kier molecular flexibility index (Phi) is 3.87. The summed E-state index contributed by atoms with van der Waals surface area (Å²) in [6.45, 7) is 5.62. The molecule has 0 fully saturated rings. The molecule has 2 aromatic rings. The van der Waals surface area contributed by atoms with E-state index in [-0.39, 0.29) is 5.78 Å². The first-order chi connectivity index (χ1) is 8.58. The Morgan fingerprint density at radius 1 is 0.944 bits per heavy atom. The normalized spacial score (nSPS) is 10.4. The molecule has 92 valence electrons. The molecule has 0 aromatic heterocycles. The maximum absolute atomic E-state index is 11.5. The van der Waals surface area contributed by atoms with Gasteiger partial charge in [0.15, 0.2) is 5.78 Å². The van der Waals surface area contributed by atoms with Gasteiger partial charge in [-0.25, -0.2) is 0 Å². The molecule has 0 unspecified atom stereocenters. The average molecular weight is 256 g/mol. The van der Waals surface area contributed by atoms with Crippen LogP contribution in [0.4, 0.5) is 0 Å². The molecular formula is C16H16OS. The van der Waals surface area contributed by atoms with E-state index in [9.17, 15) is 4.79 Å². The van der Waals surface area contributed by atoms with Crippen molar-refractivity contribution >= 4 is 17.5 Å². The molecule has 0 N–H and O–H groups in total. The van der Waals surface area contributed by atoms with Crippen molar-refractivity contribution < 1.29 is 4.79 Å². The van der Waals surface area contributed by atoms with Crippen molar-refractivity contribution in [1.29, 1.82) is 0 Å². The Morgan fingerprint density at radius 2 is 1.50 bits per heavy atom. The van der Waals surface area contributed by atoms with E-state index in [1.807, 2.05) is 32.0 Å². The maximum Gasteiger partial charge on any atom is 0.160 e. The van der Waals surface area contributed by atoms with Crippen molar-refractivity contribution in [3.8, 4) is 0 Å². The van der Waals surface area contributed by atoms with E-state index in [1.54, 1.807) is 18.7 Å². The molecule has 1 nitrogen and oxygen atoms in total. The van der Waals surface area contributed by atoms with Crippen LogP contribution in [0.1, 0.15) is 28.4 Å². The predicted octanol–water partition coefficient (Wildman–Crippen LogP) is 4.66. The minimum Gasteiger partial charge on any atom is -0.294 e. The summed E-state index contributed by atoms with van der Waals surface area (Å²) in [5, 5.41) is 0. The maximum atomic E-state index is 11.5. The van der Waals surface area contributed by atoms with Gasteiger partial charge in [0, 0.05) is 15.4 Å². The minimum atomic E-state index is 0.140. The minimum absolute atomic E-state index is 0.140. The summed E-state index contributed by atoms with van der Waals surface area (Å²) in [5.74, 6) is 0.140. The van der Waals surface area contributed by atoms with Crippen LogP contribution >= 0.6 is 11.8 Å². The number of carbonyl (C=O) groups is 1. The third-order valence-electron chi connectivity index (χ3n) is 2.84. The summed E-state index contributed by atoms with van der Waals surface area (Å²) in [7, 11) is 0. The molecule has 0 heterocycles. The molecule has 0 saturated carbocycles. The topological polar surface area (TPSA) is 17.1 Å². The molecule has 0 aliphatic rings. The van der Waals surface area contributed by atoms with Gasteiger partial charge in [0.1, 0.15) is 0 Å². The summed E-state index contributed by atoms with van der Waals surface area (Å²) in [4.78, 5) is 13.9. The van der Waals surface area contributed by atoms with Gasteiger partial charge in [-0.2, -0.15) is 0 Å². The molecule has 2 heteroatoms. The molecule has 0 aliphatic heterocycles. The number of rotatable bonds is 3. The summed E-state index contributed by atoms with van der Waals surface area (Å²) in [6, 6.07) is 14.4. The van der Waals surface area contributed by atoms with Crippen LogP contribution < -0.4 is 0 Å². The monoisotopic (exact) mass is 256 g/mol. The van der Waals surface area contributed by atoms with Gasteiger partial charge in [-0.15, -0.1) is 0 Å². The molecule has 0 aliphatic carbocycles. The summed E-state index contributed by atoms with van der Waals surface area (Å²) < 4.78 is 0. The first kappa shape index (κ1) is 12.9. The van der Waals surface area contributed by atoms with E-state index in [4.69, 9.17) is 0 Å². The highest BCUT2D eigenvalue weighted by Crippen LogP contribution is 2.30. The molecule has 0 atom stereocenters. The highest BCUT2D eigenvalue weighted by Gasteiger charge is 2.09. The molecule has 0 radical (unpaired) electrons. The quantitative estimate of drug-likeness (QED) is 0.743. The number of hydrogen-bond acceptors (Lipinski definition) is 2. The van der Waals surface area contributed by atoms with Gasteiger partial charge in [-0.1, -0.05) is 30.0 Å². The van der Waals surface area contributed by atoms with Crippen LogP contribution in [-0.2, 0) is 0 Å². The fourth-order valence-corrected chi connectivity index (χ4v) is 3.20. The summed E-state index contributed by atoms with van der Waals surface area (Å²) in [6.07, 6.45) is 0. The van der Waals surface area contributed by atoms with Crippen molar-refractivity contribution in [2.24, 2.45) is 0 Å². The smallest absolute Gasteiger partial charge is 0.160 e. The van der Waals surface area contributed by atoms with Crippen molar-refractivity contribution in [3.05, 3.63) is 59.2 Å². The van der Waals surface area contributed by atoms with E-state index < -0.39 is 0 Å². The van der Waals surface area contributed by atoms with Gasteiger partial charge < -0.3 is 0 Å². The lowest BCUT2D eigenvalue weighted by Gasteiger charge is -2.10. The van der Waals surface area contributed by atoms with Gasteiger partial charge in [0.05, 0.1) is 0 Å². The Morgan fingerprint density at radius 3 is 2.00 bits per heavy atom. The lowest BCUT2D eigenvalue weighted by atomic mass is 10.0. The van der Waals surface area contributed by atoms with Crippen LogP contribution in [-0.4, -0.2) is 5.78 Å². The second kappa shape index (κ2) is 5.40. The average Bonchev–Trinajstić information content (AvgIpc) is 2.28. The first-order valence-corrected chi connectivity index (χ1v) is 6.74. The van der Waals surface area contributed by atoms with Crippen molar-refractivity contribution in [2.45, 2.75) is 30.6 Å². The molecule has 18 heavy (non-hydrogen) atoms. The number of Topliss-reactive ketones (excluding diaryl/α,β-unsaturated/α-hetero) is 1. The van der Waals surface area contributed by atoms with Crippen molar-refractivity contribution in [2.75, 3.05) is 0 Å². The SMILES string of the molecule is CC(=O)c1c(C)cc(Sc2ccccc2)cc1C. The third-order valence-corrected chi connectivity index (χ3v) is 3.82. The highest BCUT2D eigenvalue weighted by atomic mass is 32.2. The molecule has 0 bridgehead atoms. The zero-order valence-corrected chi connectivity index (χ0v) is 11.7. The zero-order valence-electron chi connectivity index (χ0n) is 10.9. The van der Waals surface area contributed by atoms with Gasteiger partial charge in [-0.3, -0.25) is 4.79 Å². The fraction of sp³-hybridized carbons (Fsp3) is 0.188. The summed E-state index contributed by atoms with van der Waals surface area (Å²) >= 11 is 1.73. The van der Waals surface area contributed by atoms with Crippen LogP contribution in [0, 0.1) is 13.8 Å². The van der Waals surface area contributed by atoms with Crippen molar-refractivity contribution in [3.63, 3.8) is 0 Å². The van der Waals surface area contributed by atoms with E-state index in [0.717, 1.165) is 16.7 Å². The number of carbonyl (C=O) groups excluding carboxylic acids is 1. The number of benzene rings is 2. The van der Waals surface area contributed by atoms with Gasteiger partial charge in [0.2, 0.25) is 0 Å². The van der Waals surface area contributed by atoms with E-state index >= 15 is 0 Å². The van der Waals surface area contributed by atoms with E-state index in [1.165, 1.54) is 9.79 Å². The standard InChI is InChI=1S/C16H16OS/c1-11-9-15(10-12(2)16(11)13(3)17)18-14-7-5-4-6-8-14/h4-10H,1-3H3. The molecule has 2 rings (SSSR count). The van der Waals surface area contributed by atoms with Gasteiger partial charge in [-0.05, 0) is 56.2 Å². The molecule has 0 spiro atoms. The van der Waals surface area contributed by atoms with Crippen molar-refractivity contribution in [1.82, 2.24) is 0 Å². The second-order valence-electron chi connectivity index (χ2n) is 4.40. The number of hydrogen-bond donors (Lipinski definition) is 0. The van der Waals surface area contributed by atoms with E-state index in [0.29, 0.717) is 0 Å². The van der Waals surface area contributed by atoms with Crippen LogP contribution in [0.2, 0.25) is 0 Å². The summed E-state index contributed by atoms with van der Waals surface area (Å²) in [5.41, 5.74) is 2.97. The lowest BCUT2D eigenvalue weighted by Crippen LogP contribution is -2.00. The number of ketones is 1. The fourth-order valence-electron chi connectivity index (χ4n) is 2.16. The second-order valence-corrected chi connectivity index (χ2v) is 5.55. The van der Waals surface area contributed by atoms with Crippen LogP contribution in [0.3, 0.4) is 0 Å². The molecule has 0 saturated heterocycles. The van der Waals surface area contributed by atoms with E-state index in [2.05, 4.69) is 24.3 Å². The Balaban J connectivity index is 2.34. The van der Waals surface area contributed by atoms with Crippen LogP contribution in [0.25, 0.3) is 0 Å². The first-order valence-electron chi connectivity index (χ1n) is 5.93.